The molecule has 0 aromatic heterocycles. The highest BCUT2D eigenvalue weighted by atomic mass is 16.5. The van der Waals surface area contributed by atoms with Crippen molar-refractivity contribution < 1.29 is 14.3 Å². The third-order valence-electron chi connectivity index (χ3n) is 5.85. The van der Waals surface area contributed by atoms with Crippen LogP contribution in [0.15, 0.2) is 0 Å². The van der Waals surface area contributed by atoms with Crippen molar-refractivity contribution in [1.82, 2.24) is 15.1 Å². The molecule has 0 aromatic rings. The summed E-state index contributed by atoms with van der Waals surface area (Å²) in [5.41, 5.74) is 0. The first kappa shape index (κ1) is 17.5. The Morgan fingerprint density at radius 3 is 2.17 bits per heavy atom. The third kappa shape index (κ3) is 4.02. The van der Waals surface area contributed by atoms with Gasteiger partial charge in [0.15, 0.2) is 0 Å². The molecule has 1 N–H and O–H groups in total. The van der Waals surface area contributed by atoms with Crippen molar-refractivity contribution in [3.05, 3.63) is 0 Å². The van der Waals surface area contributed by atoms with Crippen molar-refractivity contribution in [2.75, 3.05) is 33.3 Å². The van der Waals surface area contributed by atoms with Crippen LogP contribution in [0, 0.1) is 5.92 Å². The van der Waals surface area contributed by atoms with Gasteiger partial charge in [-0.1, -0.05) is 12.8 Å². The fraction of sp³-hybridized carbons (Fsp3) is 0.889. The number of piperidine rings is 1. The summed E-state index contributed by atoms with van der Waals surface area (Å²) in [4.78, 5) is 28.9. The molecule has 2 heterocycles. The van der Waals surface area contributed by atoms with E-state index in [1.807, 2.05) is 9.80 Å². The Morgan fingerprint density at radius 2 is 1.50 bits per heavy atom. The lowest BCUT2D eigenvalue weighted by Crippen LogP contribution is -2.51. The smallest absolute Gasteiger partial charge is 0.319 e. The number of nitrogens with zero attached hydrogens (tertiary/aromatic N) is 2. The van der Waals surface area contributed by atoms with Gasteiger partial charge in [0.2, 0.25) is 5.91 Å². The molecule has 3 aliphatic rings. The summed E-state index contributed by atoms with van der Waals surface area (Å²) >= 11 is 0. The van der Waals surface area contributed by atoms with Gasteiger partial charge in [-0.2, -0.15) is 0 Å². The maximum absolute atomic E-state index is 12.6. The van der Waals surface area contributed by atoms with Gasteiger partial charge < -0.3 is 19.9 Å². The first-order valence-corrected chi connectivity index (χ1v) is 9.56. The fourth-order valence-corrected chi connectivity index (χ4v) is 4.29. The van der Waals surface area contributed by atoms with Crippen LogP contribution in [0.1, 0.15) is 51.4 Å². The quantitative estimate of drug-likeness (QED) is 0.857. The second kappa shape index (κ2) is 8.19. The van der Waals surface area contributed by atoms with Crippen LogP contribution in [-0.2, 0) is 9.53 Å². The second-order valence-corrected chi connectivity index (χ2v) is 7.41. The van der Waals surface area contributed by atoms with E-state index in [0.29, 0.717) is 13.1 Å². The number of rotatable bonds is 3. The van der Waals surface area contributed by atoms with Crippen molar-refractivity contribution in [3.63, 3.8) is 0 Å². The van der Waals surface area contributed by atoms with Gasteiger partial charge in [-0.05, 0) is 38.5 Å². The van der Waals surface area contributed by atoms with E-state index in [1.54, 1.807) is 7.11 Å². The Balaban J connectivity index is 1.45. The minimum atomic E-state index is 0.0343. The van der Waals surface area contributed by atoms with Crippen molar-refractivity contribution in [2.24, 2.45) is 5.92 Å². The molecule has 3 fully saturated rings. The highest BCUT2D eigenvalue weighted by molar-refractivity contribution is 5.80. The zero-order valence-corrected chi connectivity index (χ0v) is 14.8. The standard InChI is InChI=1S/C18H31N3O3/c1-24-16-7-3-2-6-15(16)19-17(22)14-8-12-21(13-9-14)18(23)20-10-4-5-11-20/h14-16H,2-13H2,1H3,(H,19,22)/t15-,16-/m0/s1. The lowest BCUT2D eigenvalue weighted by atomic mass is 9.90. The molecule has 6 nitrogen and oxygen atoms in total. The highest BCUT2D eigenvalue weighted by Gasteiger charge is 2.33. The molecule has 3 amide bonds. The summed E-state index contributed by atoms with van der Waals surface area (Å²) < 4.78 is 5.52. The minimum absolute atomic E-state index is 0.0343. The van der Waals surface area contributed by atoms with E-state index in [1.165, 1.54) is 6.42 Å². The summed E-state index contributed by atoms with van der Waals surface area (Å²) in [6.45, 7) is 3.18. The molecule has 2 aliphatic heterocycles. The number of ether oxygens (including phenoxy) is 1. The monoisotopic (exact) mass is 337 g/mol. The molecule has 0 spiro atoms. The Bertz CT molecular complexity index is 443. The van der Waals surface area contributed by atoms with Crippen molar-refractivity contribution in [2.45, 2.75) is 63.5 Å². The molecule has 1 aliphatic carbocycles. The molecule has 0 unspecified atom stereocenters. The molecule has 6 heteroatoms. The lowest BCUT2D eigenvalue weighted by molar-refractivity contribution is -0.128. The summed E-state index contributed by atoms with van der Waals surface area (Å²) in [7, 11) is 1.73. The van der Waals surface area contributed by atoms with Gasteiger partial charge in [-0.15, -0.1) is 0 Å². The van der Waals surface area contributed by atoms with Gasteiger partial charge in [0, 0.05) is 39.2 Å². The largest absolute Gasteiger partial charge is 0.379 e. The van der Waals surface area contributed by atoms with E-state index in [2.05, 4.69) is 5.32 Å². The van der Waals surface area contributed by atoms with Gasteiger partial charge in [0.25, 0.3) is 0 Å². The first-order chi connectivity index (χ1) is 11.7. The number of nitrogens with one attached hydrogen (secondary N) is 1. The molecule has 136 valence electrons. The van der Waals surface area contributed by atoms with E-state index in [-0.39, 0.29) is 30.0 Å². The molecule has 24 heavy (non-hydrogen) atoms. The molecule has 3 rings (SSSR count). The van der Waals surface area contributed by atoms with Crippen LogP contribution >= 0.6 is 0 Å². The van der Waals surface area contributed by atoms with Crippen LogP contribution < -0.4 is 5.32 Å². The zero-order chi connectivity index (χ0) is 16.9. The number of methoxy groups -OCH3 is 1. The van der Waals surface area contributed by atoms with E-state index in [4.69, 9.17) is 4.74 Å². The average Bonchev–Trinajstić information content (AvgIpc) is 3.16. The zero-order valence-electron chi connectivity index (χ0n) is 14.8. The normalized spacial score (nSPS) is 28.9. The van der Waals surface area contributed by atoms with E-state index >= 15 is 0 Å². The van der Waals surface area contributed by atoms with Gasteiger partial charge in [-0.25, -0.2) is 4.79 Å². The van der Waals surface area contributed by atoms with Crippen molar-refractivity contribution >= 4 is 11.9 Å². The number of hydrogen-bond acceptors (Lipinski definition) is 3. The fourth-order valence-electron chi connectivity index (χ4n) is 4.29. The van der Waals surface area contributed by atoms with Crippen molar-refractivity contribution in [3.8, 4) is 0 Å². The Morgan fingerprint density at radius 1 is 0.875 bits per heavy atom. The number of amides is 3. The number of urea groups is 1. The minimum Gasteiger partial charge on any atom is -0.379 e. The van der Waals surface area contributed by atoms with Gasteiger partial charge >= 0.3 is 6.03 Å². The molecule has 0 aromatic carbocycles. The van der Waals surface area contributed by atoms with Gasteiger partial charge in [0.05, 0.1) is 12.1 Å². The molecule has 2 atom stereocenters. The van der Waals surface area contributed by atoms with Crippen LogP contribution in [0.4, 0.5) is 4.79 Å². The number of carbonyl (C=O) groups excluding carboxylic acids is 2. The van der Waals surface area contributed by atoms with Crippen LogP contribution in [-0.4, -0.2) is 67.2 Å². The van der Waals surface area contributed by atoms with E-state index in [0.717, 1.165) is 58.0 Å². The second-order valence-electron chi connectivity index (χ2n) is 7.41. The van der Waals surface area contributed by atoms with Crippen LogP contribution in [0.5, 0.6) is 0 Å². The van der Waals surface area contributed by atoms with Crippen molar-refractivity contribution in [1.29, 1.82) is 0 Å². The van der Waals surface area contributed by atoms with E-state index < -0.39 is 0 Å². The Hall–Kier alpha value is -1.30. The number of carbonyl (C=O) groups is 2. The van der Waals surface area contributed by atoms with Gasteiger partial charge in [0.1, 0.15) is 0 Å². The number of hydrogen-bond donors (Lipinski definition) is 1. The Kier molecular flexibility index (Phi) is 5.98. The average molecular weight is 337 g/mol. The summed E-state index contributed by atoms with van der Waals surface area (Å²) in [5.74, 6) is 0.185. The Labute approximate surface area is 144 Å². The first-order valence-electron chi connectivity index (χ1n) is 9.56. The lowest BCUT2D eigenvalue weighted by Gasteiger charge is -2.36. The maximum atomic E-state index is 12.6. The van der Waals surface area contributed by atoms with Gasteiger partial charge in [-0.3, -0.25) is 4.79 Å². The highest BCUT2D eigenvalue weighted by Crippen LogP contribution is 2.24. The molecule has 1 saturated carbocycles. The summed E-state index contributed by atoms with van der Waals surface area (Å²) in [6, 6.07) is 0.318. The van der Waals surface area contributed by atoms with E-state index in [9.17, 15) is 9.59 Å². The SMILES string of the molecule is CO[C@H]1CCCC[C@@H]1NC(=O)C1CCN(C(=O)N2CCCC2)CC1. The molecular formula is C18H31N3O3. The molecule has 0 bridgehead atoms. The van der Waals surface area contributed by atoms with Crippen LogP contribution in [0.2, 0.25) is 0 Å². The molecular weight excluding hydrogens is 306 g/mol. The summed E-state index contributed by atoms with van der Waals surface area (Å²) in [5, 5.41) is 3.21. The summed E-state index contributed by atoms with van der Waals surface area (Å²) in [6.07, 6.45) is 8.32. The predicted molar refractivity (Wildman–Crippen MR) is 91.7 cm³/mol. The number of likely N-dealkylation sites (tertiary alicyclic amines) is 2. The third-order valence-corrected chi connectivity index (χ3v) is 5.85. The topological polar surface area (TPSA) is 61.9 Å². The van der Waals surface area contributed by atoms with Crippen LogP contribution in [0.3, 0.4) is 0 Å². The maximum Gasteiger partial charge on any atom is 0.319 e. The molecule has 0 radical (unpaired) electrons. The predicted octanol–water partition coefficient (Wildman–Crippen LogP) is 1.99. The molecule has 2 saturated heterocycles. The van der Waals surface area contributed by atoms with Crippen LogP contribution in [0.25, 0.3) is 0 Å².